The Morgan fingerprint density at radius 3 is 1.37 bits per heavy atom. The quantitative estimate of drug-likeness (QED) is 0.111. The van der Waals surface area contributed by atoms with Crippen LogP contribution in [0, 0.1) is 0 Å². The van der Waals surface area contributed by atoms with E-state index in [0.29, 0.717) is 43.5 Å². The van der Waals surface area contributed by atoms with Crippen molar-refractivity contribution in [2.45, 2.75) is 36.0 Å². The number of alkyl halides is 14. The number of nitrogens with zero attached hydrogens (tertiary/aromatic N) is 6. The molecule has 0 amide bonds. The third-order valence-electron chi connectivity index (χ3n) is 9.55. The van der Waals surface area contributed by atoms with Crippen molar-refractivity contribution in [1.82, 2.24) is 28.7 Å². The molecule has 350 valence electrons. The molecule has 6 rings (SSSR count). The maximum Gasteiger partial charge on any atom is 0.437 e. The van der Waals surface area contributed by atoms with Gasteiger partial charge in [-0.3, -0.25) is 0 Å². The first kappa shape index (κ1) is 50.4. The molecule has 0 saturated heterocycles. The van der Waals surface area contributed by atoms with E-state index in [1.807, 2.05) is 0 Å². The van der Waals surface area contributed by atoms with Crippen molar-refractivity contribution in [3.8, 4) is 33.9 Å². The van der Waals surface area contributed by atoms with E-state index in [-0.39, 0.29) is 37.3 Å². The number of hydrogen-bond donors (Lipinski definition) is 0. The molecule has 0 aliphatic carbocycles. The number of ether oxygens (including phenoxy) is 2. The monoisotopic (exact) mass is 1040 g/mol. The molecule has 0 fully saturated rings. The lowest BCUT2D eigenvalue weighted by Gasteiger charge is -2.30. The fraction of sp³-hybridized carbons (Fsp3) is 0.263. The fourth-order valence-corrected chi connectivity index (χ4v) is 7.31. The smallest absolute Gasteiger partial charge is 0.437 e. The summed E-state index contributed by atoms with van der Waals surface area (Å²) in [6.07, 6.45) is -19.9. The summed E-state index contributed by atoms with van der Waals surface area (Å²) in [6.45, 7) is 0. The zero-order valence-electron chi connectivity index (χ0n) is 32.7. The minimum Gasteiger partial charge on any atom is -0.465 e. The molecule has 0 saturated carbocycles. The molecule has 10 nitrogen and oxygen atoms in total. The van der Waals surface area contributed by atoms with Crippen LogP contribution in [0.2, 0.25) is 10.0 Å². The van der Waals surface area contributed by atoms with Crippen LogP contribution in [0.4, 0.5) is 61.5 Å². The number of hydrogen-bond acceptors (Lipinski definition) is 6. The van der Waals surface area contributed by atoms with Crippen LogP contribution in [0.25, 0.3) is 33.9 Å². The molecule has 4 aromatic heterocycles. The second-order valence-corrected chi connectivity index (χ2v) is 15.1. The highest BCUT2D eigenvalue weighted by atomic mass is 79.9. The molecule has 0 bridgehead atoms. The van der Waals surface area contributed by atoms with Crippen molar-refractivity contribution in [2.75, 3.05) is 14.2 Å². The first-order valence-electron chi connectivity index (χ1n) is 17.4. The van der Waals surface area contributed by atoms with Gasteiger partial charge in [-0.2, -0.15) is 62.9 Å². The van der Waals surface area contributed by atoms with Crippen molar-refractivity contribution >= 4 is 51.1 Å². The summed E-state index contributed by atoms with van der Waals surface area (Å²) in [6, 6.07) is 10.3. The molecule has 0 spiro atoms. The van der Waals surface area contributed by atoms with Crippen LogP contribution in [0.3, 0.4) is 0 Å². The average molecular weight is 1050 g/mol. The lowest BCUT2D eigenvalue weighted by Crippen LogP contribution is -2.51. The van der Waals surface area contributed by atoms with Crippen molar-refractivity contribution in [2.24, 2.45) is 14.1 Å². The third kappa shape index (κ3) is 9.05. The van der Waals surface area contributed by atoms with Crippen LogP contribution in [0.15, 0.2) is 83.9 Å². The molecule has 65 heavy (non-hydrogen) atoms. The molecule has 0 N–H and O–H groups in total. The average Bonchev–Trinajstić information content (AvgIpc) is 4.02. The van der Waals surface area contributed by atoms with E-state index < -0.39 is 59.4 Å². The van der Waals surface area contributed by atoms with Gasteiger partial charge in [0.05, 0.1) is 63.6 Å². The maximum atomic E-state index is 14.6. The van der Waals surface area contributed by atoms with E-state index in [4.69, 9.17) is 23.2 Å². The van der Waals surface area contributed by atoms with Crippen LogP contribution in [-0.2, 0) is 34.9 Å². The van der Waals surface area contributed by atoms with Gasteiger partial charge >= 0.3 is 48.0 Å². The summed E-state index contributed by atoms with van der Waals surface area (Å²) in [7, 11) is 4.01. The van der Waals surface area contributed by atoms with Crippen molar-refractivity contribution in [3.63, 3.8) is 0 Å². The van der Waals surface area contributed by atoms with E-state index in [2.05, 4.69) is 35.6 Å². The second-order valence-electron chi connectivity index (χ2n) is 13.4. The number of methoxy groups -OCH3 is 2. The summed E-state index contributed by atoms with van der Waals surface area (Å²) in [5.74, 6) is -1.99. The highest BCUT2D eigenvalue weighted by Gasteiger charge is 2.76. The van der Waals surface area contributed by atoms with Gasteiger partial charge in [0.1, 0.15) is 11.6 Å². The lowest BCUT2D eigenvalue weighted by atomic mass is 10.0. The number of esters is 2. The molecular formula is C38H25BrCl2F14N6O4. The second kappa shape index (κ2) is 17.7. The Kier molecular flexibility index (Phi) is 13.7. The Labute approximate surface area is 373 Å². The molecule has 0 aliphatic rings. The van der Waals surface area contributed by atoms with Crippen LogP contribution in [0.1, 0.15) is 32.1 Å². The lowest BCUT2D eigenvalue weighted by molar-refractivity contribution is -0.351. The highest BCUT2D eigenvalue weighted by Crippen LogP contribution is 2.55. The van der Waals surface area contributed by atoms with Gasteiger partial charge in [-0.25, -0.2) is 27.7 Å². The van der Waals surface area contributed by atoms with Crippen LogP contribution < -0.4 is 0 Å². The van der Waals surface area contributed by atoms with Gasteiger partial charge in [-0.1, -0.05) is 35.3 Å². The summed E-state index contributed by atoms with van der Waals surface area (Å²) in [5, 5.41) is 8.09. The first-order valence-corrected chi connectivity index (χ1v) is 18.9. The molecule has 2 aromatic carbocycles. The number of carbonyl (C=O) groups excluding carboxylic acids is 2. The summed E-state index contributed by atoms with van der Waals surface area (Å²) in [4.78, 5) is 23.6. The molecule has 0 aliphatic heterocycles. The number of rotatable bonds is 8. The molecule has 0 unspecified atom stereocenters. The zero-order chi connectivity index (χ0) is 49.0. The van der Waals surface area contributed by atoms with E-state index >= 15 is 0 Å². The molecule has 27 heteroatoms. The van der Waals surface area contributed by atoms with Gasteiger partial charge < -0.3 is 18.6 Å². The Morgan fingerprint density at radius 1 is 0.554 bits per heavy atom. The Hall–Kier alpha value is -5.56. The molecule has 6 aromatic rings. The third-order valence-corrected chi connectivity index (χ3v) is 10.8. The van der Waals surface area contributed by atoms with E-state index in [1.165, 1.54) is 61.2 Å². The SMILES string of the molecule is COC(=O)c1cc(-c2cnn(-c3c(Br)cc(C(F)(C(F)(F)F)C(F)(F)F)n3C)c2)ccc1Cl.COC(=O)c1cc(-c2cnn(-c3ccc(C(F)(C(F)(F)F)C(F)(F)F)n3C)c2)ccc1Cl. The number of aromatic nitrogens is 6. The minimum absolute atomic E-state index is 0.0318. The summed E-state index contributed by atoms with van der Waals surface area (Å²) in [5.41, 5.74) is -12.9. The Bertz CT molecular complexity index is 2720. The van der Waals surface area contributed by atoms with E-state index in [9.17, 15) is 71.1 Å². The first-order chi connectivity index (χ1) is 29.8. The van der Waals surface area contributed by atoms with E-state index in [0.717, 1.165) is 43.7 Å². The van der Waals surface area contributed by atoms with Gasteiger partial charge in [-0.15, -0.1) is 0 Å². The molecular weight excluding hydrogens is 1020 g/mol. The van der Waals surface area contributed by atoms with Gasteiger partial charge in [-0.05, 0) is 69.5 Å². The van der Waals surface area contributed by atoms with Crippen molar-refractivity contribution < 1.29 is 80.5 Å². The van der Waals surface area contributed by atoms with Crippen molar-refractivity contribution in [1.29, 1.82) is 0 Å². The van der Waals surface area contributed by atoms with Crippen LogP contribution in [-0.4, -0.2) is 79.6 Å². The van der Waals surface area contributed by atoms with Gasteiger partial charge in [0.25, 0.3) is 0 Å². The van der Waals surface area contributed by atoms with E-state index in [1.54, 1.807) is 0 Å². The van der Waals surface area contributed by atoms with Crippen LogP contribution >= 0.6 is 39.1 Å². The maximum absolute atomic E-state index is 14.6. The normalized spacial score (nSPS) is 12.8. The fourth-order valence-electron chi connectivity index (χ4n) is 6.26. The summed E-state index contributed by atoms with van der Waals surface area (Å²) >= 11 is 14.8. The largest absolute Gasteiger partial charge is 0.465 e. The number of carbonyl (C=O) groups is 2. The zero-order valence-corrected chi connectivity index (χ0v) is 35.8. The summed E-state index contributed by atoms with van der Waals surface area (Å²) < 4.78 is 199. The Morgan fingerprint density at radius 2 is 0.954 bits per heavy atom. The Balaban J connectivity index is 0.000000244. The standard InChI is InChI=1S/C19H12BrClF7N3O2.C19H13ClF7N3O2/c1-30-14(17(22,18(23,24)25)19(26,27)28)6-12(20)15(30)31-8-10(7-29-31)9-3-4-13(21)11(5-9)16(32)33-2;1-29-14(17(21,18(22,23)24)19(25,26)27)5-6-15(29)30-9-11(8-28-30)10-3-4-13(20)12(7-10)16(31)32-2/h3-8H,1-2H3;3-9H,1-2H3. The van der Waals surface area contributed by atoms with Crippen molar-refractivity contribution in [3.05, 3.63) is 116 Å². The van der Waals surface area contributed by atoms with Crippen LogP contribution in [0.5, 0.6) is 0 Å². The van der Waals surface area contributed by atoms with Gasteiger partial charge in [0.2, 0.25) is 0 Å². The minimum atomic E-state index is -6.27. The topological polar surface area (TPSA) is 98.1 Å². The van der Waals surface area contributed by atoms with Gasteiger partial charge in [0.15, 0.2) is 0 Å². The predicted molar refractivity (Wildman–Crippen MR) is 206 cm³/mol. The molecule has 0 atom stereocenters. The number of benzene rings is 2. The highest BCUT2D eigenvalue weighted by molar-refractivity contribution is 9.10. The molecule has 4 heterocycles. The predicted octanol–water partition coefficient (Wildman–Crippen LogP) is 12.0. The molecule has 0 radical (unpaired) electrons. The van der Waals surface area contributed by atoms with Gasteiger partial charge in [0, 0.05) is 37.6 Å². The number of halogens is 17.